The summed E-state index contributed by atoms with van der Waals surface area (Å²) in [6, 6.07) is 28.2. The van der Waals surface area contributed by atoms with Crippen molar-refractivity contribution in [2.45, 2.75) is 30.8 Å². The molecule has 0 bridgehead atoms. The maximum absolute atomic E-state index is 13.1. The first-order valence-corrected chi connectivity index (χ1v) is 15.4. The third kappa shape index (κ3) is 7.09. The normalized spacial score (nSPS) is 12.5. The van der Waals surface area contributed by atoms with Gasteiger partial charge in [0.05, 0.1) is 27.2 Å². The van der Waals surface area contributed by atoms with Gasteiger partial charge in [0.15, 0.2) is 0 Å². The molecular weight excluding hydrogens is 591 g/mol. The van der Waals surface area contributed by atoms with Crippen LogP contribution in [0.15, 0.2) is 113 Å². The summed E-state index contributed by atoms with van der Waals surface area (Å²) in [4.78, 5) is 13.1. The standard InChI is InChI=1S/C32H28Cl2N4O3S/c1-22-11-14-26(15-12-22)42(40,41)37-30(24-7-3-2-4-8-24)18-32(39)36-35-19-25-21-38(31-10-6-5-9-27(25)31)20-23-13-16-28(33)29(34)17-23/h2-17,19,21,30,37H,18,20H2,1H3,(H,36,39)/b35-19-/t30-/m0/s1. The monoisotopic (exact) mass is 618 g/mol. The van der Waals surface area contributed by atoms with Crippen LogP contribution in [-0.4, -0.2) is 25.1 Å². The highest BCUT2D eigenvalue weighted by atomic mass is 35.5. The van der Waals surface area contributed by atoms with Gasteiger partial charge in [-0.15, -0.1) is 0 Å². The number of fused-ring (bicyclic) bond motifs is 1. The van der Waals surface area contributed by atoms with E-state index in [1.165, 1.54) is 0 Å². The van der Waals surface area contributed by atoms with Gasteiger partial charge in [-0.2, -0.15) is 5.10 Å². The largest absolute Gasteiger partial charge is 0.342 e. The average Bonchev–Trinajstić information content (AvgIpc) is 3.32. The van der Waals surface area contributed by atoms with Gasteiger partial charge in [-0.25, -0.2) is 18.6 Å². The van der Waals surface area contributed by atoms with Crippen LogP contribution < -0.4 is 10.1 Å². The number of aryl methyl sites for hydroxylation is 1. The van der Waals surface area contributed by atoms with Crippen LogP contribution in [0.25, 0.3) is 10.9 Å². The molecule has 7 nitrogen and oxygen atoms in total. The van der Waals surface area contributed by atoms with Crippen molar-refractivity contribution in [2.24, 2.45) is 5.10 Å². The van der Waals surface area contributed by atoms with Crippen LogP contribution in [0.1, 0.15) is 34.7 Å². The molecule has 0 unspecified atom stereocenters. The van der Waals surface area contributed by atoms with Crippen molar-refractivity contribution in [1.82, 2.24) is 14.7 Å². The minimum Gasteiger partial charge on any atom is -0.342 e. The van der Waals surface area contributed by atoms with Gasteiger partial charge in [0, 0.05) is 35.6 Å². The van der Waals surface area contributed by atoms with E-state index in [1.54, 1.807) is 60.8 Å². The molecule has 0 fully saturated rings. The van der Waals surface area contributed by atoms with E-state index in [0.717, 1.165) is 27.6 Å². The second kappa shape index (κ2) is 12.9. The molecular formula is C32H28Cl2N4O3S. The molecule has 42 heavy (non-hydrogen) atoms. The van der Waals surface area contributed by atoms with Gasteiger partial charge in [0.25, 0.3) is 0 Å². The molecule has 2 N–H and O–H groups in total. The SMILES string of the molecule is Cc1ccc(S(=O)(=O)N[C@@H](CC(=O)N/N=C\c2cn(Cc3ccc(Cl)c(Cl)c3)c3ccccc23)c2ccccc2)cc1. The number of aromatic nitrogens is 1. The number of rotatable bonds is 10. The van der Waals surface area contributed by atoms with Crippen LogP contribution in [0.3, 0.4) is 0 Å². The topological polar surface area (TPSA) is 92.6 Å². The molecule has 0 radical (unpaired) electrons. The number of carbonyl (C=O) groups is 1. The molecule has 1 amide bonds. The number of nitrogens with zero attached hydrogens (tertiary/aromatic N) is 2. The molecule has 214 valence electrons. The quantitative estimate of drug-likeness (QED) is 0.132. The van der Waals surface area contributed by atoms with Crippen molar-refractivity contribution >= 4 is 56.2 Å². The number of halogens is 2. The molecule has 0 saturated carbocycles. The molecule has 1 aromatic heterocycles. The third-order valence-electron chi connectivity index (χ3n) is 6.77. The number of nitrogens with one attached hydrogen (secondary N) is 2. The Bertz CT molecular complexity index is 1850. The summed E-state index contributed by atoms with van der Waals surface area (Å²) in [5, 5.41) is 6.15. The summed E-state index contributed by atoms with van der Waals surface area (Å²) >= 11 is 12.3. The number of hydrogen-bond acceptors (Lipinski definition) is 4. The van der Waals surface area contributed by atoms with E-state index in [4.69, 9.17) is 23.2 Å². The van der Waals surface area contributed by atoms with Crippen molar-refractivity contribution in [3.05, 3.63) is 136 Å². The molecule has 5 rings (SSSR count). The highest BCUT2D eigenvalue weighted by molar-refractivity contribution is 7.89. The van der Waals surface area contributed by atoms with E-state index >= 15 is 0 Å². The van der Waals surface area contributed by atoms with Gasteiger partial charge in [-0.1, -0.05) is 95.5 Å². The second-order valence-corrected chi connectivity index (χ2v) is 12.4. The average molecular weight is 620 g/mol. The van der Waals surface area contributed by atoms with Crippen molar-refractivity contribution in [1.29, 1.82) is 0 Å². The zero-order valence-corrected chi connectivity index (χ0v) is 25.0. The number of hydrazone groups is 1. The predicted molar refractivity (Wildman–Crippen MR) is 169 cm³/mol. The fourth-order valence-corrected chi connectivity index (χ4v) is 6.18. The first kappa shape index (κ1) is 29.5. The Kier molecular flexibility index (Phi) is 9.09. The Balaban J connectivity index is 1.32. The van der Waals surface area contributed by atoms with Gasteiger partial charge in [0.2, 0.25) is 15.9 Å². The lowest BCUT2D eigenvalue weighted by atomic mass is 10.0. The fraction of sp³-hybridized carbons (Fsp3) is 0.125. The van der Waals surface area contributed by atoms with Crippen molar-refractivity contribution in [2.75, 3.05) is 0 Å². The van der Waals surface area contributed by atoms with E-state index in [1.807, 2.05) is 55.6 Å². The van der Waals surface area contributed by atoms with E-state index in [0.29, 0.717) is 22.2 Å². The smallest absolute Gasteiger partial charge is 0.242 e. The van der Waals surface area contributed by atoms with Gasteiger partial charge in [-0.3, -0.25) is 4.79 Å². The first-order chi connectivity index (χ1) is 20.2. The highest BCUT2D eigenvalue weighted by Gasteiger charge is 2.23. The lowest BCUT2D eigenvalue weighted by molar-refractivity contribution is -0.121. The lowest BCUT2D eigenvalue weighted by Crippen LogP contribution is -2.32. The number of hydrogen-bond donors (Lipinski definition) is 2. The Hall–Kier alpha value is -3.95. The molecule has 0 aliphatic heterocycles. The molecule has 0 aliphatic carbocycles. The Morgan fingerprint density at radius 3 is 2.38 bits per heavy atom. The number of benzene rings is 4. The summed E-state index contributed by atoms with van der Waals surface area (Å²) in [7, 11) is -3.87. The fourth-order valence-electron chi connectivity index (χ4n) is 4.63. The minimum atomic E-state index is -3.87. The number of amides is 1. The van der Waals surface area contributed by atoms with Crippen LogP contribution in [0.5, 0.6) is 0 Å². The van der Waals surface area contributed by atoms with Crippen LogP contribution in [-0.2, 0) is 21.4 Å². The van der Waals surface area contributed by atoms with Crippen LogP contribution in [0.2, 0.25) is 10.0 Å². The van der Waals surface area contributed by atoms with E-state index in [2.05, 4.69) is 19.8 Å². The van der Waals surface area contributed by atoms with Crippen molar-refractivity contribution in [3.63, 3.8) is 0 Å². The summed E-state index contributed by atoms with van der Waals surface area (Å²) in [5.74, 6) is -0.439. The number of carbonyl (C=O) groups excluding carboxylic acids is 1. The second-order valence-electron chi connectivity index (χ2n) is 9.87. The van der Waals surface area contributed by atoms with Gasteiger partial charge in [-0.05, 0) is 48.4 Å². The Labute approximate surface area is 254 Å². The molecule has 0 spiro atoms. The van der Waals surface area contributed by atoms with Gasteiger partial charge in [0.1, 0.15) is 0 Å². The molecule has 1 atom stereocenters. The van der Waals surface area contributed by atoms with E-state index in [9.17, 15) is 13.2 Å². The van der Waals surface area contributed by atoms with Crippen LogP contribution in [0.4, 0.5) is 0 Å². The highest BCUT2D eigenvalue weighted by Crippen LogP contribution is 2.26. The molecule has 10 heteroatoms. The molecule has 0 aliphatic rings. The summed E-state index contributed by atoms with van der Waals surface area (Å²) in [6.45, 7) is 2.45. The predicted octanol–water partition coefficient (Wildman–Crippen LogP) is 6.86. The zero-order valence-electron chi connectivity index (χ0n) is 22.7. The minimum absolute atomic E-state index is 0.129. The summed E-state index contributed by atoms with van der Waals surface area (Å²) in [5.41, 5.74) is 6.96. The Morgan fingerprint density at radius 1 is 0.929 bits per heavy atom. The van der Waals surface area contributed by atoms with Crippen LogP contribution in [0, 0.1) is 6.92 Å². The summed E-state index contributed by atoms with van der Waals surface area (Å²) < 4.78 is 31.0. The third-order valence-corrected chi connectivity index (χ3v) is 9.00. The number of sulfonamides is 1. The van der Waals surface area contributed by atoms with E-state index < -0.39 is 22.0 Å². The molecule has 4 aromatic carbocycles. The number of para-hydroxylation sites is 1. The zero-order chi connectivity index (χ0) is 29.7. The van der Waals surface area contributed by atoms with Crippen LogP contribution >= 0.6 is 23.2 Å². The summed E-state index contributed by atoms with van der Waals surface area (Å²) in [6.07, 6.45) is 3.39. The molecule has 0 saturated heterocycles. The molecule has 1 heterocycles. The van der Waals surface area contributed by atoms with E-state index in [-0.39, 0.29) is 11.3 Å². The Morgan fingerprint density at radius 2 is 1.64 bits per heavy atom. The molecule has 5 aromatic rings. The van der Waals surface area contributed by atoms with Crippen molar-refractivity contribution in [3.8, 4) is 0 Å². The first-order valence-electron chi connectivity index (χ1n) is 13.2. The van der Waals surface area contributed by atoms with Gasteiger partial charge < -0.3 is 4.57 Å². The maximum atomic E-state index is 13.1. The lowest BCUT2D eigenvalue weighted by Gasteiger charge is -2.18. The van der Waals surface area contributed by atoms with Crippen molar-refractivity contribution < 1.29 is 13.2 Å². The van der Waals surface area contributed by atoms with Gasteiger partial charge >= 0.3 is 0 Å². The maximum Gasteiger partial charge on any atom is 0.242 e.